The molecular weight excluding hydrogens is 260 g/mol. The third kappa shape index (κ3) is 3.35. The van der Waals surface area contributed by atoms with Gasteiger partial charge in [0.1, 0.15) is 11.8 Å². The minimum Gasteiger partial charge on any atom is -0.495 e. The Bertz CT molecular complexity index is 686. The Morgan fingerprint density at radius 1 is 1.14 bits per heavy atom. The maximum absolute atomic E-state index is 9.16. The molecular formula is C18H20N2O. The molecule has 3 heteroatoms. The Kier molecular flexibility index (Phi) is 4.49. The second kappa shape index (κ2) is 6.32. The van der Waals surface area contributed by atoms with Gasteiger partial charge in [-0.3, -0.25) is 0 Å². The van der Waals surface area contributed by atoms with Gasteiger partial charge in [-0.25, -0.2) is 0 Å². The molecule has 0 spiro atoms. The Hall–Kier alpha value is -2.47. The molecule has 0 radical (unpaired) electrons. The van der Waals surface area contributed by atoms with Crippen molar-refractivity contribution in [3.8, 4) is 11.8 Å². The van der Waals surface area contributed by atoms with Crippen LogP contribution < -0.4 is 9.64 Å². The van der Waals surface area contributed by atoms with Gasteiger partial charge in [-0.1, -0.05) is 23.8 Å². The van der Waals surface area contributed by atoms with E-state index in [-0.39, 0.29) is 0 Å². The van der Waals surface area contributed by atoms with Gasteiger partial charge in [-0.2, -0.15) is 5.26 Å². The van der Waals surface area contributed by atoms with E-state index in [9.17, 15) is 0 Å². The Morgan fingerprint density at radius 3 is 2.52 bits per heavy atom. The average molecular weight is 280 g/mol. The largest absolute Gasteiger partial charge is 0.495 e. The second-order valence-electron chi connectivity index (χ2n) is 5.29. The van der Waals surface area contributed by atoms with Crippen LogP contribution in [0.3, 0.4) is 0 Å². The molecule has 108 valence electrons. The van der Waals surface area contributed by atoms with Crippen molar-refractivity contribution in [2.24, 2.45) is 0 Å². The molecule has 0 aliphatic rings. The van der Waals surface area contributed by atoms with Crippen LogP contribution in [0.25, 0.3) is 0 Å². The lowest BCUT2D eigenvalue weighted by atomic mass is 10.1. The molecule has 2 aromatic rings. The van der Waals surface area contributed by atoms with E-state index in [1.807, 2.05) is 18.2 Å². The summed E-state index contributed by atoms with van der Waals surface area (Å²) in [6.07, 6.45) is 0. The van der Waals surface area contributed by atoms with Crippen LogP contribution in [-0.4, -0.2) is 14.2 Å². The first-order valence-electron chi connectivity index (χ1n) is 6.90. The normalized spacial score (nSPS) is 10.0. The summed E-state index contributed by atoms with van der Waals surface area (Å²) < 4.78 is 5.18. The molecule has 0 N–H and O–H groups in total. The second-order valence-corrected chi connectivity index (χ2v) is 5.29. The fourth-order valence-electron chi connectivity index (χ4n) is 2.53. The Labute approximate surface area is 126 Å². The smallest absolute Gasteiger partial charge is 0.136 e. The first-order chi connectivity index (χ1) is 10.0. The molecule has 0 amide bonds. The van der Waals surface area contributed by atoms with E-state index in [0.29, 0.717) is 11.3 Å². The standard InChI is InChI=1S/C18H20N2O/c1-13-5-7-17(14(2)9-13)20(3)12-15-6-8-18(21-4)16(10-15)11-19/h5-10H,12H2,1-4H3. The summed E-state index contributed by atoms with van der Waals surface area (Å²) in [4.78, 5) is 2.19. The Morgan fingerprint density at radius 2 is 1.90 bits per heavy atom. The highest BCUT2D eigenvalue weighted by molar-refractivity contribution is 5.54. The molecule has 0 bridgehead atoms. The number of nitrogens with zero attached hydrogens (tertiary/aromatic N) is 2. The lowest BCUT2D eigenvalue weighted by molar-refractivity contribution is 0.413. The van der Waals surface area contributed by atoms with Gasteiger partial charge >= 0.3 is 0 Å². The van der Waals surface area contributed by atoms with E-state index < -0.39 is 0 Å². The highest BCUT2D eigenvalue weighted by atomic mass is 16.5. The summed E-state index contributed by atoms with van der Waals surface area (Å²) in [5, 5.41) is 9.16. The lowest BCUT2D eigenvalue weighted by Gasteiger charge is -2.22. The van der Waals surface area contributed by atoms with Crippen LogP contribution in [0.4, 0.5) is 5.69 Å². The quantitative estimate of drug-likeness (QED) is 0.854. The topological polar surface area (TPSA) is 36.3 Å². The maximum atomic E-state index is 9.16. The van der Waals surface area contributed by atoms with Gasteiger partial charge < -0.3 is 9.64 Å². The first-order valence-corrected chi connectivity index (χ1v) is 6.90. The third-order valence-electron chi connectivity index (χ3n) is 3.57. The number of methoxy groups -OCH3 is 1. The zero-order valence-electron chi connectivity index (χ0n) is 13.0. The molecule has 0 saturated carbocycles. The van der Waals surface area contributed by atoms with Gasteiger partial charge in [0.05, 0.1) is 12.7 Å². The minimum atomic E-state index is 0.573. The number of hydrogen-bond donors (Lipinski definition) is 0. The summed E-state index contributed by atoms with van der Waals surface area (Å²) >= 11 is 0. The van der Waals surface area contributed by atoms with Crippen molar-refractivity contribution in [3.63, 3.8) is 0 Å². The number of nitriles is 1. The molecule has 0 aliphatic carbocycles. The number of rotatable bonds is 4. The van der Waals surface area contributed by atoms with Crippen molar-refractivity contribution < 1.29 is 4.74 Å². The van der Waals surface area contributed by atoms with Crippen LogP contribution >= 0.6 is 0 Å². The SMILES string of the molecule is COc1ccc(CN(C)c2ccc(C)cc2C)cc1C#N. The molecule has 0 unspecified atom stereocenters. The van der Waals surface area contributed by atoms with Crippen molar-refractivity contribution >= 4 is 5.69 Å². The predicted molar refractivity (Wildman–Crippen MR) is 85.7 cm³/mol. The summed E-state index contributed by atoms with van der Waals surface area (Å²) in [5.41, 5.74) is 5.39. The third-order valence-corrected chi connectivity index (χ3v) is 3.57. The van der Waals surface area contributed by atoms with Crippen molar-refractivity contribution in [2.75, 3.05) is 19.1 Å². The van der Waals surface area contributed by atoms with E-state index in [4.69, 9.17) is 10.00 Å². The number of anilines is 1. The summed E-state index contributed by atoms with van der Waals surface area (Å²) in [6, 6.07) is 14.4. The van der Waals surface area contributed by atoms with Crippen LogP contribution in [0.1, 0.15) is 22.3 Å². The van der Waals surface area contributed by atoms with E-state index in [0.717, 1.165) is 12.1 Å². The van der Waals surface area contributed by atoms with Crippen LogP contribution in [0.15, 0.2) is 36.4 Å². The van der Waals surface area contributed by atoms with Gasteiger partial charge in [0, 0.05) is 19.3 Å². The van der Waals surface area contributed by atoms with E-state index >= 15 is 0 Å². The summed E-state index contributed by atoms with van der Waals surface area (Å²) in [7, 11) is 3.64. The lowest BCUT2D eigenvalue weighted by Crippen LogP contribution is -2.17. The molecule has 21 heavy (non-hydrogen) atoms. The molecule has 0 atom stereocenters. The van der Waals surface area contributed by atoms with Crippen LogP contribution in [0.5, 0.6) is 5.75 Å². The van der Waals surface area contributed by atoms with Crippen LogP contribution in [0, 0.1) is 25.2 Å². The zero-order valence-corrected chi connectivity index (χ0v) is 13.0. The molecule has 0 fully saturated rings. The number of benzene rings is 2. The highest BCUT2D eigenvalue weighted by Crippen LogP contribution is 2.24. The maximum Gasteiger partial charge on any atom is 0.136 e. The Balaban J connectivity index is 2.23. The fourth-order valence-corrected chi connectivity index (χ4v) is 2.53. The van der Waals surface area contributed by atoms with Crippen molar-refractivity contribution in [3.05, 3.63) is 58.7 Å². The first kappa shape index (κ1) is 14.9. The molecule has 0 aliphatic heterocycles. The highest BCUT2D eigenvalue weighted by Gasteiger charge is 2.08. The predicted octanol–water partition coefficient (Wildman–Crippen LogP) is 3.82. The van der Waals surface area contributed by atoms with Gasteiger partial charge in [-0.05, 0) is 43.2 Å². The monoisotopic (exact) mass is 280 g/mol. The zero-order chi connectivity index (χ0) is 15.4. The summed E-state index contributed by atoms with van der Waals surface area (Å²) in [6.45, 7) is 4.97. The van der Waals surface area contributed by atoms with Gasteiger partial charge in [0.2, 0.25) is 0 Å². The summed E-state index contributed by atoms with van der Waals surface area (Å²) in [5.74, 6) is 0.621. The molecule has 2 aromatic carbocycles. The van der Waals surface area contributed by atoms with E-state index in [1.54, 1.807) is 7.11 Å². The van der Waals surface area contributed by atoms with Gasteiger partial charge in [0.25, 0.3) is 0 Å². The van der Waals surface area contributed by atoms with Crippen molar-refractivity contribution in [2.45, 2.75) is 20.4 Å². The van der Waals surface area contributed by atoms with Crippen LogP contribution in [0.2, 0.25) is 0 Å². The molecule has 3 nitrogen and oxygen atoms in total. The molecule has 0 saturated heterocycles. The number of aryl methyl sites for hydroxylation is 2. The average Bonchev–Trinajstić information content (AvgIpc) is 2.46. The van der Waals surface area contributed by atoms with Crippen LogP contribution in [-0.2, 0) is 6.54 Å². The fraction of sp³-hybridized carbons (Fsp3) is 0.278. The van der Waals surface area contributed by atoms with Crippen molar-refractivity contribution in [1.29, 1.82) is 5.26 Å². The van der Waals surface area contributed by atoms with Gasteiger partial charge in [0.15, 0.2) is 0 Å². The minimum absolute atomic E-state index is 0.573. The van der Waals surface area contributed by atoms with Crippen molar-refractivity contribution in [1.82, 2.24) is 0 Å². The molecule has 0 aromatic heterocycles. The van der Waals surface area contributed by atoms with Gasteiger partial charge in [-0.15, -0.1) is 0 Å². The number of ether oxygens (including phenoxy) is 1. The molecule has 0 heterocycles. The number of hydrogen-bond acceptors (Lipinski definition) is 3. The van der Waals surface area contributed by atoms with E-state index in [1.165, 1.54) is 16.8 Å². The molecule has 2 rings (SSSR count). The van der Waals surface area contributed by atoms with E-state index in [2.05, 4.69) is 50.1 Å².